The first kappa shape index (κ1) is 15.1. The molecule has 0 bridgehead atoms. The van der Waals surface area contributed by atoms with Crippen LogP contribution in [-0.4, -0.2) is 17.0 Å². The molecular weight excluding hydrogens is 290 g/mol. The summed E-state index contributed by atoms with van der Waals surface area (Å²) in [4.78, 5) is 22.8. The van der Waals surface area contributed by atoms with Gasteiger partial charge in [0, 0.05) is 17.1 Å². The number of carbonyl (C=O) groups is 2. The average molecular weight is 304 g/mol. The molecule has 0 unspecified atom stereocenters. The van der Waals surface area contributed by atoms with Gasteiger partial charge < -0.3 is 10.4 Å². The molecule has 0 aliphatic rings. The Morgan fingerprint density at radius 3 is 2.33 bits per heavy atom. The summed E-state index contributed by atoms with van der Waals surface area (Å²) in [6.45, 7) is 2.19. The van der Waals surface area contributed by atoms with Gasteiger partial charge in [-0.15, -0.1) is 0 Å². The third-order valence-electron chi connectivity index (χ3n) is 2.96. The van der Waals surface area contributed by atoms with E-state index in [-0.39, 0.29) is 11.5 Å². The highest BCUT2D eigenvalue weighted by Crippen LogP contribution is 2.14. The number of benzene rings is 2. The van der Waals surface area contributed by atoms with E-state index in [9.17, 15) is 9.59 Å². The smallest absolute Gasteiger partial charge is 0.335 e. The van der Waals surface area contributed by atoms with E-state index in [1.54, 1.807) is 30.3 Å². The van der Waals surface area contributed by atoms with Crippen LogP contribution in [-0.2, 0) is 6.54 Å². The molecule has 2 rings (SSSR count). The summed E-state index contributed by atoms with van der Waals surface area (Å²) in [5.74, 6) is -1.19. The van der Waals surface area contributed by atoms with E-state index >= 15 is 0 Å². The molecule has 2 aromatic carbocycles. The summed E-state index contributed by atoms with van der Waals surface area (Å²) in [6.07, 6.45) is 0. The lowest BCUT2D eigenvalue weighted by Gasteiger charge is -2.07. The van der Waals surface area contributed by atoms with E-state index in [4.69, 9.17) is 16.7 Å². The lowest BCUT2D eigenvalue weighted by Crippen LogP contribution is -2.22. The topological polar surface area (TPSA) is 66.4 Å². The Labute approximate surface area is 127 Å². The Bertz CT molecular complexity index is 660. The minimum absolute atomic E-state index is 0.218. The minimum Gasteiger partial charge on any atom is -0.478 e. The predicted octanol–water partition coefficient (Wildman–Crippen LogP) is 3.28. The van der Waals surface area contributed by atoms with Crippen LogP contribution in [0.4, 0.5) is 0 Å². The van der Waals surface area contributed by atoms with E-state index < -0.39 is 5.97 Å². The first-order valence-electron chi connectivity index (χ1n) is 6.33. The van der Waals surface area contributed by atoms with Crippen LogP contribution in [0, 0.1) is 6.92 Å². The number of amides is 1. The molecule has 0 saturated carbocycles. The van der Waals surface area contributed by atoms with Crippen molar-refractivity contribution in [2.45, 2.75) is 13.5 Å². The van der Waals surface area contributed by atoms with Crippen LogP contribution in [0.1, 0.15) is 31.8 Å². The number of rotatable bonds is 4. The first-order chi connectivity index (χ1) is 9.95. The van der Waals surface area contributed by atoms with Gasteiger partial charge in [0.15, 0.2) is 0 Å². The van der Waals surface area contributed by atoms with Gasteiger partial charge in [0.1, 0.15) is 0 Å². The number of carboxylic acid groups (broad SMARTS) is 1. The predicted molar refractivity (Wildman–Crippen MR) is 80.8 cm³/mol. The van der Waals surface area contributed by atoms with Crippen molar-refractivity contribution in [3.05, 3.63) is 69.7 Å². The van der Waals surface area contributed by atoms with Crippen LogP contribution in [0.25, 0.3) is 0 Å². The number of carboxylic acids is 1. The summed E-state index contributed by atoms with van der Waals surface area (Å²) in [5.41, 5.74) is 2.46. The Hall–Kier alpha value is -2.33. The Kier molecular flexibility index (Phi) is 4.60. The molecule has 0 radical (unpaired) electrons. The number of halogens is 1. The van der Waals surface area contributed by atoms with E-state index in [1.807, 2.05) is 6.92 Å². The van der Waals surface area contributed by atoms with Crippen molar-refractivity contribution in [3.63, 3.8) is 0 Å². The van der Waals surface area contributed by atoms with Crippen molar-refractivity contribution in [2.24, 2.45) is 0 Å². The summed E-state index contributed by atoms with van der Waals surface area (Å²) < 4.78 is 0. The van der Waals surface area contributed by atoms with Gasteiger partial charge in [0.25, 0.3) is 5.91 Å². The summed E-state index contributed by atoms with van der Waals surface area (Å²) in [5, 5.41) is 12.1. The maximum atomic E-state index is 12.0. The number of carbonyl (C=O) groups excluding carboxylic acids is 1. The van der Waals surface area contributed by atoms with E-state index in [1.165, 1.54) is 12.1 Å². The molecule has 0 aliphatic heterocycles. The molecule has 0 spiro atoms. The fourth-order valence-corrected chi connectivity index (χ4v) is 2.21. The van der Waals surface area contributed by atoms with Gasteiger partial charge in [-0.3, -0.25) is 4.79 Å². The summed E-state index contributed by atoms with van der Waals surface area (Å²) in [7, 11) is 0. The second-order valence-electron chi connectivity index (χ2n) is 4.70. The SMILES string of the molecule is Cc1cc(Cl)cc(C(=O)NCc2ccc(C(=O)O)cc2)c1. The van der Waals surface area contributed by atoms with Gasteiger partial charge >= 0.3 is 5.97 Å². The van der Waals surface area contributed by atoms with Crippen LogP contribution in [0.5, 0.6) is 0 Å². The number of hydrogen-bond donors (Lipinski definition) is 2. The number of aryl methyl sites for hydroxylation is 1. The highest BCUT2D eigenvalue weighted by Gasteiger charge is 2.07. The molecule has 0 aromatic heterocycles. The van der Waals surface area contributed by atoms with Crippen molar-refractivity contribution in [3.8, 4) is 0 Å². The molecule has 2 N–H and O–H groups in total. The third kappa shape index (κ3) is 4.07. The van der Waals surface area contributed by atoms with Crippen molar-refractivity contribution >= 4 is 23.5 Å². The molecule has 4 nitrogen and oxygen atoms in total. The minimum atomic E-state index is -0.972. The maximum absolute atomic E-state index is 12.0. The molecule has 108 valence electrons. The van der Waals surface area contributed by atoms with Crippen LogP contribution in [0.2, 0.25) is 5.02 Å². The third-order valence-corrected chi connectivity index (χ3v) is 3.18. The number of hydrogen-bond acceptors (Lipinski definition) is 2. The van der Waals surface area contributed by atoms with Gasteiger partial charge in [-0.25, -0.2) is 4.79 Å². The largest absolute Gasteiger partial charge is 0.478 e. The zero-order valence-electron chi connectivity index (χ0n) is 11.4. The molecule has 1 amide bonds. The van der Waals surface area contributed by atoms with Crippen molar-refractivity contribution < 1.29 is 14.7 Å². The lowest BCUT2D eigenvalue weighted by atomic mass is 10.1. The molecular formula is C16H14ClNO3. The van der Waals surface area contributed by atoms with Gasteiger partial charge in [0.2, 0.25) is 0 Å². The molecule has 5 heteroatoms. The van der Waals surface area contributed by atoms with E-state index in [0.29, 0.717) is 17.1 Å². The van der Waals surface area contributed by atoms with Crippen LogP contribution < -0.4 is 5.32 Å². The fourth-order valence-electron chi connectivity index (χ4n) is 1.92. The second kappa shape index (κ2) is 6.41. The maximum Gasteiger partial charge on any atom is 0.335 e. The van der Waals surface area contributed by atoms with Gasteiger partial charge in [-0.2, -0.15) is 0 Å². The normalized spacial score (nSPS) is 10.2. The Morgan fingerprint density at radius 1 is 1.10 bits per heavy atom. The van der Waals surface area contributed by atoms with Crippen molar-refractivity contribution in [1.82, 2.24) is 5.32 Å². The lowest BCUT2D eigenvalue weighted by molar-refractivity contribution is 0.0696. The van der Waals surface area contributed by atoms with Crippen LogP contribution in [0.3, 0.4) is 0 Å². The van der Waals surface area contributed by atoms with Crippen LogP contribution >= 0.6 is 11.6 Å². The van der Waals surface area contributed by atoms with Gasteiger partial charge in [0.05, 0.1) is 5.56 Å². The summed E-state index contributed by atoms with van der Waals surface area (Å²) in [6, 6.07) is 11.5. The standard InChI is InChI=1S/C16H14ClNO3/c1-10-6-13(8-14(17)7-10)15(19)18-9-11-2-4-12(5-3-11)16(20)21/h2-8H,9H2,1H3,(H,18,19)(H,20,21). The second-order valence-corrected chi connectivity index (χ2v) is 5.14. The van der Waals surface area contributed by atoms with Gasteiger partial charge in [-0.1, -0.05) is 23.7 Å². The first-order valence-corrected chi connectivity index (χ1v) is 6.71. The zero-order chi connectivity index (χ0) is 15.4. The van der Waals surface area contributed by atoms with Crippen molar-refractivity contribution in [1.29, 1.82) is 0 Å². The van der Waals surface area contributed by atoms with E-state index in [2.05, 4.69) is 5.32 Å². The Balaban J connectivity index is 2.02. The highest BCUT2D eigenvalue weighted by molar-refractivity contribution is 6.31. The molecule has 0 aliphatic carbocycles. The average Bonchev–Trinajstić information content (AvgIpc) is 2.44. The van der Waals surface area contributed by atoms with Gasteiger partial charge in [-0.05, 0) is 48.4 Å². The zero-order valence-corrected chi connectivity index (χ0v) is 12.1. The molecule has 0 saturated heterocycles. The highest BCUT2D eigenvalue weighted by atomic mass is 35.5. The number of aromatic carboxylic acids is 1. The Morgan fingerprint density at radius 2 is 1.76 bits per heavy atom. The molecule has 0 fully saturated rings. The fraction of sp³-hybridized carbons (Fsp3) is 0.125. The van der Waals surface area contributed by atoms with Crippen LogP contribution in [0.15, 0.2) is 42.5 Å². The summed E-state index contributed by atoms with van der Waals surface area (Å²) >= 11 is 5.92. The molecule has 21 heavy (non-hydrogen) atoms. The quantitative estimate of drug-likeness (QED) is 0.911. The number of nitrogens with one attached hydrogen (secondary N) is 1. The monoisotopic (exact) mass is 303 g/mol. The van der Waals surface area contributed by atoms with Crippen molar-refractivity contribution in [2.75, 3.05) is 0 Å². The van der Waals surface area contributed by atoms with E-state index in [0.717, 1.165) is 11.1 Å². The molecule has 0 heterocycles. The molecule has 2 aromatic rings. The molecule has 0 atom stereocenters.